The van der Waals surface area contributed by atoms with Crippen LogP contribution in [0.3, 0.4) is 0 Å². The summed E-state index contributed by atoms with van der Waals surface area (Å²) in [5, 5.41) is 8.86. The van der Waals surface area contributed by atoms with Crippen molar-refractivity contribution in [3.63, 3.8) is 0 Å². The minimum Gasteiger partial charge on any atom is -0.392 e. The quantitative estimate of drug-likeness (QED) is 0.452. The van der Waals surface area contributed by atoms with E-state index in [-0.39, 0.29) is 6.10 Å². The molecule has 0 aromatic heterocycles. The molecule has 0 aromatic rings. The number of hydrogen-bond donors (Lipinski definition) is 1. The van der Waals surface area contributed by atoms with E-state index < -0.39 is 8.07 Å². The molecule has 10 heavy (non-hydrogen) atoms. The zero-order chi connectivity index (χ0) is 8.20. The van der Waals surface area contributed by atoms with E-state index >= 15 is 0 Å². The fourth-order valence-electron chi connectivity index (χ4n) is 0.464. The lowest BCUT2D eigenvalue weighted by Gasteiger charge is -2.03. The van der Waals surface area contributed by atoms with E-state index in [9.17, 15) is 0 Å². The molecule has 0 bridgehead atoms. The molecule has 0 rings (SSSR count). The van der Waals surface area contributed by atoms with Crippen molar-refractivity contribution in [2.75, 3.05) is 0 Å². The van der Waals surface area contributed by atoms with Gasteiger partial charge in [0.05, 0.1) is 6.10 Å². The van der Waals surface area contributed by atoms with E-state index in [0.717, 1.165) is 0 Å². The van der Waals surface area contributed by atoms with Crippen LogP contribution in [-0.4, -0.2) is 19.3 Å². The molecule has 0 saturated heterocycles. The molecule has 0 saturated carbocycles. The molecular weight excluding hydrogens is 140 g/mol. The van der Waals surface area contributed by atoms with Crippen molar-refractivity contribution in [2.24, 2.45) is 0 Å². The van der Waals surface area contributed by atoms with E-state index in [0.29, 0.717) is 6.42 Å². The Labute approximate surface area is 64.5 Å². The van der Waals surface area contributed by atoms with Crippen molar-refractivity contribution in [2.45, 2.75) is 39.1 Å². The van der Waals surface area contributed by atoms with E-state index in [1.807, 2.05) is 0 Å². The highest BCUT2D eigenvalue weighted by Crippen LogP contribution is 1.97. The maximum absolute atomic E-state index is 8.86. The Morgan fingerprint density at radius 2 is 1.90 bits per heavy atom. The average molecular weight is 156 g/mol. The maximum atomic E-state index is 8.86. The van der Waals surface area contributed by atoms with E-state index in [1.165, 1.54) is 0 Å². The molecule has 0 fully saturated rings. The summed E-state index contributed by atoms with van der Waals surface area (Å²) < 4.78 is 0. The molecule has 58 valence electrons. The topological polar surface area (TPSA) is 20.2 Å². The molecule has 1 atom stereocenters. The van der Waals surface area contributed by atoms with E-state index in [4.69, 9.17) is 5.11 Å². The molecule has 0 aliphatic rings. The van der Waals surface area contributed by atoms with Gasteiger partial charge in [-0.3, -0.25) is 0 Å². The van der Waals surface area contributed by atoms with Crippen LogP contribution in [0.1, 0.15) is 13.3 Å². The highest BCUT2D eigenvalue weighted by atomic mass is 28.3. The molecule has 0 heterocycles. The number of hydrogen-bond acceptors (Lipinski definition) is 1. The predicted molar refractivity (Wildman–Crippen MR) is 47.4 cm³/mol. The van der Waals surface area contributed by atoms with Crippen molar-refractivity contribution < 1.29 is 5.11 Å². The molecular formula is C8H16OSi. The fraction of sp³-hybridized carbons (Fsp3) is 0.750. The van der Waals surface area contributed by atoms with E-state index in [1.54, 1.807) is 6.92 Å². The van der Waals surface area contributed by atoms with Crippen LogP contribution < -0.4 is 0 Å². The number of rotatable bonds is 1. The summed E-state index contributed by atoms with van der Waals surface area (Å²) >= 11 is 0. The third-order valence-electron chi connectivity index (χ3n) is 0.861. The van der Waals surface area contributed by atoms with Gasteiger partial charge in [0.1, 0.15) is 8.07 Å². The van der Waals surface area contributed by atoms with Gasteiger partial charge >= 0.3 is 0 Å². The van der Waals surface area contributed by atoms with Gasteiger partial charge in [0, 0.05) is 6.42 Å². The Morgan fingerprint density at radius 3 is 2.20 bits per heavy atom. The summed E-state index contributed by atoms with van der Waals surface area (Å²) in [7, 11) is -1.20. The van der Waals surface area contributed by atoms with Gasteiger partial charge in [-0.25, -0.2) is 0 Å². The van der Waals surface area contributed by atoms with Crippen molar-refractivity contribution in [3.8, 4) is 11.5 Å². The summed E-state index contributed by atoms with van der Waals surface area (Å²) in [4.78, 5) is 0. The minimum absolute atomic E-state index is 0.274. The first kappa shape index (κ1) is 9.74. The van der Waals surface area contributed by atoms with Crippen LogP contribution in [0.2, 0.25) is 19.6 Å². The average Bonchev–Trinajstić information content (AvgIpc) is 1.59. The minimum atomic E-state index is -1.20. The van der Waals surface area contributed by atoms with Gasteiger partial charge in [0.2, 0.25) is 0 Å². The second-order valence-corrected chi connectivity index (χ2v) is 8.35. The van der Waals surface area contributed by atoms with Crippen LogP contribution in [0.5, 0.6) is 0 Å². The standard InChI is InChI=1S/C8H16OSi/c1-8(9)6-5-7-10(2,3)4/h8-9H,6H2,1-4H3/t8-/m0/s1. The maximum Gasteiger partial charge on any atom is 0.129 e. The second-order valence-electron chi connectivity index (χ2n) is 3.60. The second kappa shape index (κ2) is 3.80. The first-order valence-corrected chi connectivity index (χ1v) is 7.10. The third kappa shape index (κ3) is 7.74. The van der Waals surface area contributed by atoms with Gasteiger partial charge in [-0.15, -0.1) is 11.5 Å². The lowest BCUT2D eigenvalue weighted by atomic mass is 10.3. The highest BCUT2D eigenvalue weighted by molar-refractivity contribution is 6.83. The smallest absolute Gasteiger partial charge is 0.129 e. The molecule has 0 amide bonds. The van der Waals surface area contributed by atoms with Crippen LogP contribution in [0.15, 0.2) is 0 Å². The largest absolute Gasteiger partial charge is 0.392 e. The van der Waals surface area contributed by atoms with E-state index in [2.05, 4.69) is 31.1 Å². The summed E-state index contributed by atoms with van der Waals surface area (Å²) in [6.07, 6.45) is 0.341. The molecule has 0 spiro atoms. The van der Waals surface area contributed by atoms with Gasteiger partial charge in [-0.1, -0.05) is 19.6 Å². The first-order chi connectivity index (χ1) is 4.42. The molecule has 0 aliphatic heterocycles. The molecule has 2 heteroatoms. The predicted octanol–water partition coefficient (Wildman–Crippen LogP) is 1.64. The monoisotopic (exact) mass is 156 g/mol. The Morgan fingerprint density at radius 1 is 1.40 bits per heavy atom. The van der Waals surface area contributed by atoms with Gasteiger partial charge in [-0.2, -0.15) is 0 Å². The first-order valence-electron chi connectivity index (χ1n) is 3.60. The Balaban J connectivity index is 3.71. The molecule has 1 nitrogen and oxygen atoms in total. The zero-order valence-corrected chi connectivity index (χ0v) is 8.23. The van der Waals surface area contributed by atoms with Gasteiger partial charge in [0.25, 0.3) is 0 Å². The summed E-state index contributed by atoms with van der Waals surface area (Å²) in [5.41, 5.74) is 3.18. The Kier molecular flexibility index (Phi) is 3.70. The molecule has 0 aliphatic carbocycles. The number of aliphatic hydroxyl groups is 1. The van der Waals surface area contributed by atoms with Crippen LogP contribution in [0.25, 0.3) is 0 Å². The SMILES string of the molecule is C[C@H](O)CC#C[Si](C)(C)C. The van der Waals surface area contributed by atoms with Crippen LogP contribution in [0, 0.1) is 11.5 Å². The van der Waals surface area contributed by atoms with Crippen molar-refractivity contribution >= 4 is 8.07 Å². The number of aliphatic hydroxyl groups excluding tert-OH is 1. The fourth-order valence-corrected chi connectivity index (χ4v) is 1.10. The summed E-state index contributed by atoms with van der Waals surface area (Å²) in [6, 6.07) is 0. The van der Waals surface area contributed by atoms with Gasteiger partial charge < -0.3 is 5.11 Å². The lowest BCUT2D eigenvalue weighted by Crippen LogP contribution is -2.16. The molecule has 0 radical (unpaired) electrons. The zero-order valence-electron chi connectivity index (χ0n) is 7.23. The van der Waals surface area contributed by atoms with Crippen LogP contribution >= 0.6 is 0 Å². The summed E-state index contributed by atoms with van der Waals surface area (Å²) in [5.74, 6) is 2.99. The third-order valence-corrected chi connectivity index (χ3v) is 1.79. The molecule has 0 unspecified atom stereocenters. The normalized spacial score (nSPS) is 13.7. The summed E-state index contributed by atoms with van der Waals surface area (Å²) in [6.45, 7) is 8.35. The van der Waals surface area contributed by atoms with Crippen molar-refractivity contribution in [1.82, 2.24) is 0 Å². The van der Waals surface area contributed by atoms with Crippen molar-refractivity contribution in [3.05, 3.63) is 0 Å². The van der Waals surface area contributed by atoms with Gasteiger partial charge in [0.15, 0.2) is 0 Å². The van der Waals surface area contributed by atoms with Gasteiger partial charge in [-0.05, 0) is 6.92 Å². The Hall–Kier alpha value is -0.263. The van der Waals surface area contributed by atoms with Crippen LogP contribution in [-0.2, 0) is 0 Å². The van der Waals surface area contributed by atoms with Crippen molar-refractivity contribution in [1.29, 1.82) is 0 Å². The molecule has 0 aromatic carbocycles. The Bertz CT molecular complexity index is 145. The van der Waals surface area contributed by atoms with Crippen LogP contribution in [0.4, 0.5) is 0 Å². The molecule has 1 N–H and O–H groups in total. The highest BCUT2D eigenvalue weighted by Gasteiger charge is 2.06. The lowest BCUT2D eigenvalue weighted by molar-refractivity contribution is 0.201.